The van der Waals surface area contributed by atoms with Crippen LogP contribution in [-0.4, -0.2) is 26.0 Å². The van der Waals surface area contributed by atoms with Crippen LogP contribution in [0, 0.1) is 0 Å². The van der Waals surface area contributed by atoms with E-state index in [4.69, 9.17) is 16.6 Å². The van der Waals surface area contributed by atoms with Crippen molar-refractivity contribution >= 4 is 22.9 Å². The molecule has 4 nitrogen and oxygen atoms in total. The zero-order valence-corrected chi connectivity index (χ0v) is 14.5. The minimum Gasteiger partial charge on any atom is -0.334 e. The summed E-state index contributed by atoms with van der Waals surface area (Å²) in [6, 6.07) is 0.441. The second kappa shape index (κ2) is 5.95. The zero-order chi connectivity index (χ0) is 15.1. The lowest BCUT2D eigenvalue weighted by molar-refractivity contribution is 0.238. The summed E-state index contributed by atoms with van der Waals surface area (Å²) >= 11 is 7.55. The van der Waals surface area contributed by atoms with Crippen molar-refractivity contribution in [2.45, 2.75) is 51.1 Å². The Morgan fingerprint density at radius 2 is 2.18 bits per heavy atom. The largest absolute Gasteiger partial charge is 0.334 e. The van der Waals surface area contributed by atoms with E-state index in [1.165, 1.54) is 54.2 Å². The number of thiazole rings is 1. The maximum absolute atomic E-state index is 5.97. The minimum absolute atomic E-state index is 0.441. The molecular weight excluding hydrogens is 316 g/mol. The molecular formula is C16H21ClN4S. The lowest BCUT2D eigenvalue weighted by Crippen LogP contribution is -2.24. The van der Waals surface area contributed by atoms with Crippen molar-refractivity contribution in [3.8, 4) is 0 Å². The summed E-state index contributed by atoms with van der Waals surface area (Å²) in [5.74, 6) is 1.26. The first-order valence-electron chi connectivity index (χ1n) is 8.11. The Balaban J connectivity index is 1.59. The van der Waals surface area contributed by atoms with E-state index in [1.807, 2.05) is 6.20 Å². The fourth-order valence-corrected chi connectivity index (χ4v) is 4.87. The monoisotopic (exact) mass is 336 g/mol. The molecule has 118 valence electrons. The lowest BCUT2D eigenvalue weighted by atomic mass is 10.0. The van der Waals surface area contributed by atoms with Gasteiger partial charge in [0.25, 0.3) is 0 Å². The standard InChI is InChI=1S/C16H21ClN4S/c1-20-13-6-3-2-5-12(13)19-15(20)14-7-4-8-21(14)10-11-9-18-16(17)22-11/h9,14H,2-8,10H2,1H3. The van der Waals surface area contributed by atoms with Crippen LogP contribution in [0.1, 0.15) is 53.8 Å². The summed E-state index contributed by atoms with van der Waals surface area (Å²) in [5, 5.41) is 0. The van der Waals surface area contributed by atoms with Gasteiger partial charge in [-0.25, -0.2) is 9.97 Å². The molecule has 3 heterocycles. The number of imidazole rings is 1. The molecule has 6 heteroatoms. The number of halogens is 1. The van der Waals surface area contributed by atoms with Crippen molar-refractivity contribution in [2.75, 3.05) is 6.54 Å². The van der Waals surface area contributed by atoms with Crippen LogP contribution >= 0.6 is 22.9 Å². The predicted octanol–water partition coefficient (Wildman–Crippen LogP) is 3.75. The second-order valence-electron chi connectivity index (χ2n) is 6.34. The molecule has 0 saturated carbocycles. The highest BCUT2D eigenvalue weighted by Gasteiger charge is 2.31. The van der Waals surface area contributed by atoms with Crippen molar-refractivity contribution in [1.82, 2.24) is 19.4 Å². The highest BCUT2D eigenvalue weighted by molar-refractivity contribution is 7.15. The molecule has 1 atom stereocenters. The van der Waals surface area contributed by atoms with Gasteiger partial charge in [-0.05, 0) is 45.1 Å². The van der Waals surface area contributed by atoms with E-state index in [9.17, 15) is 0 Å². The van der Waals surface area contributed by atoms with E-state index in [0.29, 0.717) is 10.5 Å². The van der Waals surface area contributed by atoms with Crippen molar-refractivity contribution in [3.63, 3.8) is 0 Å². The van der Waals surface area contributed by atoms with Crippen LogP contribution in [-0.2, 0) is 26.4 Å². The number of rotatable bonds is 3. The molecule has 0 N–H and O–H groups in total. The first kappa shape index (κ1) is 14.7. The van der Waals surface area contributed by atoms with Gasteiger partial charge in [0, 0.05) is 30.4 Å². The zero-order valence-electron chi connectivity index (χ0n) is 12.9. The van der Waals surface area contributed by atoms with Gasteiger partial charge in [-0.15, -0.1) is 11.3 Å². The summed E-state index contributed by atoms with van der Waals surface area (Å²) in [5.41, 5.74) is 2.81. The topological polar surface area (TPSA) is 34.0 Å². The molecule has 1 aliphatic heterocycles. The second-order valence-corrected chi connectivity index (χ2v) is 8.03. The maximum atomic E-state index is 5.97. The molecule has 1 aliphatic carbocycles. The molecule has 4 rings (SSSR count). The van der Waals surface area contributed by atoms with Crippen molar-refractivity contribution in [2.24, 2.45) is 7.05 Å². The summed E-state index contributed by atoms with van der Waals surface area (Å²) in [4.78, 5) is 13.0. The van der Waals surface area contributed by atoms with E-state index in [2.05, 4.69) is 21.5 Å². The Labute approximate surface area is 140 Å². The van der Waals surface area contributed by atoms with Crippen molar-refractivity contribution in [3.05, 3.63) is 32.8 Å². The van der Waals surface area contributed by atoms with Gasteiger partial charge in [-0.3, -0.25) is 4.90 Å². The third kappa shape index (κ3) is 2.59. The summed E-state index contributed by atoms with van der Waals surface area (Å²) in [6.45, 7) is 2.07. The SMILES string of the molecule is Cn1c(C2CCCN2Cc2cnc(Cl)s2)nc2c1CCCC2. The number of aromatic nitrogens is 3. The van der Waals surface area contributed by atoms with Crippen molar-refractivity contribution in [1.29, 1.82) is 0 Å². The van der Waals surface area contributed by atoms with Crippen molar-refractivity contribution < 1.29 is 0 Å². The number of fused-ring (bicyclic) bond motifs is 1. The first-order chi connectivity index (χ1) is 10.7. The van der Waals surface area contributed by atoms with Crippen LogP contribution in [0.15, 0.2) is 6.20 Å². The van der Waals surface area contributed by atoms with Crippen LogP contribution in [0.4, 0.5) is 0 Å². The van der Waals surface area contributed by atoms with Crippen LogP contribution in [0.25, 0.3) is 0 Å². The average molecular weight is 337 g/mol. The van der Waals surface area contributed by atoms with Crippen LogP contribution in [0.5, 0.6) is 0 Å². The summed E-state index contributed by atoms with van der Waals surface area (Å²) in [6.07, 6.45) is 9.30. The lowest BCUT2D eigenvalue weighted by Gasteiger charge is -2.23. The van der Waals surface area contributed by atoms with Gasteiger partial charge in [-0.2, -0.15) is 0 Å². The molecule has 2 aromatic rings. The Morgan fingerprint density at radius 1 is 1.32 bits per heavy atom. The van der Waals surface area contributed by atoms with Crippen LogP contribution in [0.3, 0.4) is 0 Å². The first-order valence-corrected chi connectivity index (χ1v) is 9.30. The Kier molecular flexibility index (Phi) is 3.96. The molecule has 1 saturated heterocycles. The summed E-state index contributed by atoms with van der Waals surface area (Å²) in [7, 11) is 2.20. The molecule has 22 heavy (non-hydrogen) atoms. The molecule has 1 fully saturated rings. The fraction of sp³-hybridized carbons (Fsp3) is 0.625. The fourth-order valence-electron chi connectivity index (χ4n) is 3.87. The van der Waals surface area contributed by atoms with Crippen LogP contribution < -0.4 is 0 Å². The molecule has 0 aromatic carbocycles. The number of nitrogens with zero attached hydrogens (tertiary/aromatic N) is 4. The van der Waals surface area contributed by atoms with E-state index in [0.717, 1.165) is 19.5 Å². The molecule has 0 bridgehead atoms. The number of hydrogen-bond acceptors (Lipinski definition) is 4. The normalized spacial score (nSPS) is 22.2. The Morgan fingerprint density at radius 3 is 2.95 bits per heavy atom. The van der Waals surface area contributed by atoms with Gasteiger partial charge in [-0.1, -0.05) is 11.6 Å². The molecule has 0 spiro atoms. The van der Waals surface area contributed by atoms with Gasteiger partial charge in [0.15, 0.2) is 4.47 Å². The molecule has 1 unspecified atom stereocenters. The average Bonchev–Trinajstić information content (AvgIpc) is 3.21. The Hall–Kier alpha value is -0.910. The van der Waals surface area contributed by atoms with Gasteiger partial charge < -0.3 is 4.57 Å². The maximum Gasteiger partial charge on any atom is 0.183 e. The van der Waals surface area contributed by atoms with Gasteiger partial charge in [0.05, 0.1) is 11.7 Å². The highest BCUT2D eigenvalue weighted by atomic mass is 35.5. The van der Waals surface area contributed by atoms with E-state index < -0.39 is 0 Å². The third-order valence-electron chi connectivity index (χ3n) is 4.95. The van der Waals surface area contributed by atoms with E-state index in [1.54, 1.807) is 11.3 Å². The van der Waals surface area contributed by atoms with Gasteiger partial charge in [0.1, 0.15) is 5.82 Å². The Bertz CT molecular complexity index is 678. The quantitative estimate of drug-likeness (QED) is 0.856. The third-order valence-corrected chi connectivity index (χ3v) is 6.05. The molecule has 2 aliphatic rings. The summed E-state index contributed by atoms with van der Waals surface area (Å²) < 4.78 is 3.01. The van der Waals surface area contributed by atoms with Gasteiger partial charge in [0.2, 0.25) is 0 Å². The van der Waals surface area contributed by atoms with Crippen LogP contribution in [0.2, 0.25) is 4.47 Å². The molecule has 2 aromatic heterocycles. The number of likely N-dealkylation sites (tertiary alicyclic amines) is 1. The number of aryl methyl sites for hydroxylation is 1. The predicted molar refractivity (Wildman–Crippen MR) is 89.4 cm³/mol. The smallest absolute Gasteiger partial charge is 0.183 e. The van der Waals surface area contributed by atoms with E-state index in [-0.39, 0.29) is 0 Å². The van der Waals surface area contributed by atoms with Gasteiger partial charge >= 0.3 is 0 Å². The highest BCUT2D eigenvalue weighted by Crippen LogP contribution is 2.35. The minimum atomic E-state index is 0.441. The molecule has 0 amide bonds. The number of hydrogen-bond donors (Lipinski definition) is 0. The van der Waals surface area contributed by atoms with E-state index >= 15 is 0 Å². The molecule has 0 radical (unpaired) electrons.